The highest BCUT2D eigenvalue weighted by Gasteiger charge is 2.69. The fourth-order valence-corrected chi connectivity index (χ4v) is 7.65. The number of rotatable bonds is 5. The number of ether oxygens (including phenoxy) is 1. The lowest BCUT2D eigenvalue weighted by Crippen LogP contribution is -2.65. The summed E-state index contributed by atoms with van der Waals surface area (Å²) in [5, 5.41) is 0.0227. The lowest BCUT2D eigenvalue weighted by atomic mass is 9.43. The second kappa shape index (κ2) is 8.36. The molecule has 1 aromatic heterocycles. The van der Waals surface area contributed by atoms with E-state index in [1.54, 1.807) is 0 Å². The van der Waals surface area contributed by atoms with E-state index in [0.717, 1.165) is 23.6 Å². The Balaban J connectivity index is 1.41. The summed E-state index contributed by atoms with van der Waals surface area (Å²) < 4.78 is 41.4. The van der Waals surface area contributed by atoms with Crippen LogP contribution in [-0.2, 0) is 18.5 Å². The first-order valence-electron chi connectivity index (χ1n) is 13.2. The Morgan fingerprint density at radius 2 is 1.92 bits per heavy atom. The van der Waals surface area contributed by atoms with E-state index in [-0.39, 0.29) is 28.0 Å². The molecule has 0 amide bonds. The number of aromatic amines is 1. The topological polar surface area (TPSA) is 91.8 Å². The van der Waals surface area contributed by atoms with Gasteiger partial charge in [0.25, 0.3) is 5.56 Å². The van der Waals surface area contributed by atoms with E-state index >= 15 is 0 Å². The van der Waals surface area contributed by atoms with Crippen LogP contribution in [0.2, 0.25) is 23.9 Å². The summed E-state index contributed by atoms with van der Waals surface area (Å²) in [4.78, 5) is 26.1. The molecule has 3 heterocycles. The van der Waals surface area contributed by atoms with Gasteiger partial charge in [0, 0.05) is 5.82 Å². The molecule has 3 saturated carbocycles. The van der Waals surface area contributed by atoms with Gasteiger partial charge in [-0.15, -0.1) is 0 Å². The van der Waals surface area contributed by atoms with Crippen molar-refractivity contribution >= 4 is 15.4 Å². The van der Waals surface area contributed by atoms with Crippen LogP contribution >= 0.6 is 0 Å². The highest BCUT2D eigenvalue weighted by Crippen LogP contribution is 2.66. The van der Waals surface area contributed by atoms with Gasteiger partial charge in [0.1, 0.15) is 6.23 Å². The third-order valence-electron chi connectivity index (χ3n) is 10.3. The van der Waals surface area contributed by atoms with Gasteiger partial charge >= 0.3 is 12.8 Å². The highest BCUT2D eigenvalue weighted by atomic mass is 28.4. The molecule has 8 nitrogen and oxygen atoms in total. The zero-order valence-electron chi connectivity index (χ0n) is 22.7. The summed E-state index contributed by atoms with van der Waals surface area (Å²) in [7, 11) is -2.58. The van der Waals surface area contributed by atoms with Crippen LogP contribution in [0.1, 0.15) is 67.0 Å². The van der Waals surface area contributed by atoms with Crippen molar-refractivity contribution in [2.24, 2.45) is 17.3 Å². The van der Waals surface area contributed by atoms with Crippen molar-refractivity contribution in [2.45, 2.75) is 109 Å². The quantitative estimate of drug-likeness (QED) is 0.586. The average molecular weight is 522 g/mol. The molecule has 0 radical (unpaired) electrons. The predicted molar refractivity (Wildman–Crippen MR) is 137 cm³/mol. The van der Waals surface area contributed by atoms with Crippen molar-refractivity contribution in [1.29, 1.82) is 0 Å². The molecule has 5 aliphatic rings. The predicted octanol–water partition coefficient (Wildman–Crippen LogP) is 4.08. The van der Waals surface area contributed by atoms with Crippen LogP contribution in [0, 0.1) is 23.1 Å². The minimum absolute atomic E-state index is 0.0218. The van der Waals surface area contributed by atoms with Gasteiger partial charge in [0.2, 0.25) is 5.82 Å². The van der Waals surface area contributed by atoms with Crippen LogP contribution in [0.3, 0.4) is 0 Å². The number of aromatic nitrogens is 2. The Morgan fingerprint density at radius 3 is 2.56 bits per heavy atom. The maximum Gasteiger partial charge on any atom is 0.463 e. The van der Waals surface area contributed by atoms with Crippen molar-refractivity contribution in [3.63, 3.8) is 0 Å². The first-order chi connectivity index (χ1) is 16.5. The Kier molecular flexibility index (Phi) is 6.12. The van der Waals surface area contributed by atoms with Crippen molar-refractivity contribution < 1.29 is 22.9 Å². The zero-order chi connectivity index (χ0) is 26.4. The van der Waals surface area contributed by atoms with Gasteiger partial charge in [-0.1, -0.05) is 34.6 Å². The van der Waals surface area contributed by atoms with Crippen molar-refractivity contribution in [3.8, 4) is 0 Å². The van der Waals surface area contributed by atoms with E-state index in [9.17, 15) is 14.0 Å². The standard InChI is InChI=1S/C25H40BFN2O6Si/c1-23(2,3)36(7,8)32-13-17-15(11-20(33-17)29-12-16(27)21(30)28-22(29)31)26-34-19-10-14-9-18(24(14,4)5)25(19,6)35-26/h12,14-15,17-20H,9-11,13H2,1-8H3,(H,28,30,31)/t14-,15-,17+,18-,19+,20+,25-/m0/s1. The summed E-state index contributed by atoms with van der Waals surface area (Å²) in [5.41, 5.74) is -1.88. The van der Waals surface area contributed by atoms with Gasteiger partial charge in [0.15, 0.2) is 8.32 Å². The fraction of sp³-hybridized carbons (Fsp3) is 0.840. The second-order valence-electron chi connectivity index (χ2n) is 13.6. The first kappa shape index (κ1) is 26.3. The van der Waals surface area contributed by atoms with E-state index in [0.29, 0.717) is 24.9 Å². The molecule has 3 aliphatic carbocycles. The fourth-order valence-electron chi connectivity index (χ4n) is 6.64. The number of hydrogen-bond acceptors (Lipinski definition) is 6. The van der Waals surface area contributed by atoms with Gasteiger partial charge in [-0.05, 0) is 61.6 Å². The number of H-pyrrole nitrogens is 1. The molecule has 2 aliphatic heterocycles. The monoisotopic (exact) mass is 522 g/mol. The molecule has 11 heteroatoms. The molecule has 6 rings (SSSR count). The van der Waals surface area contributed by atoms with Gasteiger partial charge in [0.05, 0.1) is 30.6 Å². The molecule has 2 bridgehead atoms. The van der Waals surface area contributed by atoms with Crippen molar-refractivity contribution in [1.82, 2.24) is 9.55 Å². The van der Waals surface area contributed by atoms with Crippen LogP contribution in [0.4, 0.5) is 4.39 Å². The first-order valence-corrected chi connectivity index (χ1v) is 16.1. The molecular formula is C25H40BFN2O6Si. The molecule has 0 spiro atoms. The molecule has 5 fully saturated rings. The van der Waals surface area contributed by atoms with Gasteiger partial charge in [-0.25, -0.2) is 4.79 Å². The highest BCUT2D eigenvalue weighted by molar-refractivity contribution is 6.74. The SMILES string of the molecule is CC1(C)[C@@H]2C[C@H]3OB([C@H]4C[C@H](n5cc(F)c(=O)[nH]c5=O)O[C@@H]4CO[Si](C)(C)C(C)(C)C)O[C@@]3(C)[C@H]1C2. The molecule has 200 valence electrons. The average Bonchev–Trinajstić information content (AvgIpc) is 3.34. The van der Waals surface area contributed by atoms with Crippen LogP contribution in [-0.4, -0.2) is 49.4 Å². The normalized spacial score (nSPS) is 37.6. The summed E-state index contributed by atoms with van der Waals surface area (Å²) in [6.07, 6.45) is 2.31. The van der Waals surface area contributed by atoms with E-state index in [4.69, 9.17) is 18.5 Å². The van der Waals surface area contributed by atoms with Gasteiger partial charge in [-0.2, -0.15) is 4.39 Å². The lowest BCUT2D eigenvalue weighted by molar-refractivity contribution is -0.199. The Labute approximate surface area is 213 Å². The van der Waals surface area contributed by atoms with Crippen LogP contribution in [0.15, 0.2) is 15.8 Å². The third kappa shape index (κ3) is 4.00. The van der Waals surface area contributed by atoms with E-state index in [1.165, 1.54) is 0 Å². The van der Waals surface area contributed by atoms with Crippen LogP contribution < -0.4 is 11.2 Å². The third-order valence-corrected chi connectivity index (χ3v) is 14.8. The number of hydrogen-bond donors (Lipinski definition) is 1. The summed E-state index contributed by atoms with van der Waals surface area (Å²) >= 11 is 0. The minimum Gasteiger partial charge on any atom is -0.414 e. The smallest absolute Gasteiger partial charge is 0.414 e. The summed E-state index contributed by atoms with van der Waals surface area (Å²) in [6.45, 7) is 18.1. The Bertz CT molecular complexity index is 1150. The van der Waals surface area contributed by atoms with Gasteiger partial charge < -0.3 is 18.5 Å². The zero-order valence-corrected chi connectivity index (χ0v) is 23.7. The molecule has 36 heavy (non-hydrogen) atoms. The molecule has 2 saturated heterocycles. The van der Waals surface area contributed by atoms with Crippen LogP contribution in [0.25, 0.3) is 0 Å². The summed E-state index contributed by atoms with van der Waals surface area (Å²) in [5.74, 6) is -0.167. The molecule has 0 unspecified atom stereocenters. The lowest BCUT2D eigenvalue weighted by Gasteiger charge is -2.64. The Morgan fingerprint density at radius 1 is 1.22 bits per heavy atom. The van der Waals surface area contributed by atoms with Crippen molar-refractivity contribution in [2.75, 3.05) is 6.61 Å². The van der Waals surface area contributed by atoms with E-state index < -0.39 is 44.8 Å². The number of nitrogens with one attached hydrogen (secondary N) is 1. The summed E-state index contributed by atoms with van der Waals surface area (Å²) in [6, 6.07) is 0. The Hall–Kier alpha value is -1.27. The molecule has 1 N–H and O–H groups in total. The maximum atomic E-state index is 14.1. The number of nitrogens with zero attached hydrogens (tertiary/aromatic N) is 1. The molecule has 7 atom stereocenters. The molecular weight excluding hydrogens is 482 g/mol. The minimum atomic E-state index is -2.08. The van der Waals surface area contributed by atoms with E-state index in [2.05, 4.69) is 54.6 Å². The molecule has 1 aromatic rings. The second-order valence-corrected chi connectivity index (χ2v) is 18.4. The van der Waals surface area contributed by atoms with Crippen LogP contribution in [0.5, 0.6) is 0 Å². The van der Waals surface area contributed by atoms with Gasteiger partial charge in [-0.3, -0.25) is 14.3 Å². The number of halogens is 1. The largest absolute Gasteiger partial charge is 0.463 e. The van der Waals surface area contributed by atoms with E-state index in [1.807, 2.05) is 4.98 Å². The van der Waals surface area contributed by atoms with Crippen molar-refractivity contribution in [3.05, 3.63) is 32.9 Å². The maximum absolute atomic E-state index is 14.1. The molecule has 0 aromatic carbocycles.